The van der Waals surface area contributed by atoms with E-state index in [1.54, 1.807) is 6.07 Å². The van der Waals surface area contributed by atoms with E-state index in [0.717, 1.165) is 29.5 Å². The van der Waals surface area contributed by atoms with Crippen LogP contribution < -0.4 is 10.1 Å². The summed E-state index contributed by atoms with van der Waals surface area (Å²) in [6.07, 6.45) is 4.70. The average molecular weight is 383 g/mol. The van der Waals surface area contributed by atoms with Crippen LogP contribution in [0.15, 0.2) is 36.4 Å². The first-order chi connectivity index (χ1) is 13.3. The highest BCUT2D eigenvalue weighted by Gasteiger charge is 2.31. The zero-order valence-electron chi connectivity index (χ0n) is 16.8. The Morgan fingerprint density at radius 2 is 1.79 bits per heavy atom. The number of carbonyl (C=O) groups is 2. The monoisotopic (exact) mass is 383 g/mol. The molecule has 0 saturated heterocycles. The van der Waals surface area contributed by atoms with Gasteiger partial charge in [0.15, 0.2) is 0 Å². The van der Waals surface area contributed by atoms with Crippen molar-refractivity contribution in [1.82, 2.24) is 5.32 Å². The molecular formula is C23H29NO4. The lowest BCUT2D eigenvalue weighted by molar-refractivity contribution is -0.143. The van der Waals surface area contributed by atoms with Crippen LogP contribution in [0.5, 0.6) is 5.75 Å². The largest absolute Gasteiger partial charge is 0.492 e. The van der Waals surface area contributed by atoms with Crippen LogP contribution >= 0.6 is 0 Å². The van der Waals surface area contributed by atoms with E-state index in [0.29, 0.717) is 23.8 Å². The number of carbonyl (C=O) groups excluding carboxylic acids is 1. The Morgan fingerprint density at radius 3 is 2.46 bits per heavy atom. The van der Waals surface area contributed by atoms with E-state index < -0.39 is 17.4 Å². The highest BCUT2D eigenvalue weighted by atomic mass is 16.5. The maximum Gasteiger partial charge on any atom is 0.328 e. The number of carboxylic acids is 1. The third-order valence-corrected chi connectivity index (χ3v) is 5.68. The van der Waals surface area contributed by atoms with Gasteiger partial charge in [-0.15, -0.1) is 0 Å². The van der Waals surface area contributed by atoms with E-state index in [-0.39, 0.29) is 0 Å². The van der Waals surface area contributed by atoms with E-state index in [9.17, 15) is 14.7 Å². The molecule has 0 spiro atoms. The third-order valence-electron chi connectivity index (χ3n) is 5.68. The standard InChI is InChI=1S/C23H29NO4/c1-15-8-10-16(11-9-15)14-28-20-18-7-5-4-6-17(18)12-13-19(20)21(25)24-23(2,3)22(26)27/h4-7,12-13,15-16H,8-11,14H2,1-3H3,(H,24,25)(H,26,27)/t15-,16-. The van der Waals surface area contributed by atoms with Gasteiger partial charge < -0.3 is 15.2 Å². The fourth-order valence-corrected chi connectivity index (χ4v) is 3.68. The molecule has 0 aromatic heterocycles. The Labute approximate surface area is 166 Å². The number of ether oxygens (including phenoxy) is 1. The van der Waals surface area contributed by atoms with Crippen LogP contribution in [-0.4, -0.2) is 29.1 Å². The summed E-state index contributed by atoms with van der Waals surface area (Å²) in [6, 6.07) is 11.4. The Morgan fingerprint density at radius 1 is 1.11 bits per heavy atom. The summed E-state index contributed by atoms with van der Waals surface area (Å²) >= 11 is 0. The van der Waals surface area contributed by atoms with Gasteiger partial charge in [0.25, 0.3) is 5.91 Å². The first-order valence-corrected chi connectivity index (χ1v) is 9.98. The molecule has 0 heterocycles. The molecule has 2 aromatic carbocycles. The van der Waals surface area contributed by atoms with Gasteiger partial charge in [-0.3, -0.25) is 4.79 Å². The molecule has 1 amide bonds. The van der Waals surface area contributed by atoms with Crippen LogP contribution in [0.2, 0.25) is 0 Å². The van der Waals surface area contributed by atoms with Gasteiger partial charge in [0, 0.05) is 5.39 Å². The highest BCUT2D eigenvalue weighted by molar-refractivity contribution is 6.05. The first-order valence-electron chi connectivity index (χ1n) is 9.98. The van der Waals surface area contributed by atoms with Crippen molar-refractivity contribution in [2.24, 2.45) is 11.8 Å². The minimum Gasteiger partial charge on any atom is -0.492 e. The van der Waals surface area contributed by atoms with Crippen molar-refractivity contribution in [1.29, 1.82) is 0 Å². The van der Waals surface area contributed by atoms with Gasteiger partial charge in [-0.05, 0) is 50.0 Å². The number of aliphatic carboxylic acids is 1. The zero-order valence-corrected chi connectivity index (χ0v) is 16.8. The molecule has 1 aliphatic carbocycles. The Bertz CT molecular complexity index is 866. The van der Waals surface area contributed by atoms with Crippen LogP contribution in [0.4, 0.5) is 0 Å². The predicted molar refractivity (Wildman–Crippen MR) is 110 cm³/mol. The van der Waals surface area contributed by atoms with Crippen LogP contribution in [0.25, 0.3) is 10.8 Å². The highest BCUT2D eigenvalue weighted by Crippen LogP contribution is 2.33. The molecule has 0 unspecified atom stereocenters. The topological polar surface area (TPSA) is 75.6 Å². The van der Waals surface area contributed by atoms with Crippen molar-refractivity contribution in [3.05, 3.63) is 42.0 Å². The summed E-state index contributed by atoms with van der Waals surface area (Å²) in [6.45, 7) is 5.80. The average Bonchev–Trinajstić information content (AvgIpc) is 2.66. The lowest BCUT2D eigenvalue weighted by atomic mass is 9.83. The number of fused-ring (bicyclic) bond motifs is 1. The number of amides is 1. The summed E-state index contributed by atoms with van der Waals surface area (Å²) in [4.78, 5) is 24.3. The Hall–Kier alpha value is -2.56. The molecule has 0 atom stereocenters. The summed E-state index contributed by atoms with van der Waals surface area (Å²) in [7, 11) is 0. The minimum absolute atomic E-state index is 0.372. The van der Waals surface area contributed by atoms with E-state index in [1.165, 1.54) is 26.7 Å². The molecular weight excluding hydrogens is 354 g/mol. The normalized spacial score (nSPS) is 20.0. The molecule has 1 saturated carbocycles. The fraction of sp³-hybridized carbons (Fsp3) is 0.478. The van der Waals surface area contributed by atoms with Gasteiger partial charge >= 0.3 is 5.97 Å². The van der Waals surface area contributed by atoms with Crippen molar-refractivity contribution < 1.29 is 19.4 Å². The van der Waals surface area contributed by atoms with Crippen molar-refractivity contribution in [3.63, 3.8) is 0 Å². The van der Waals surface area contributed by atoms with E-state index in [1.807, 2.05) is 30.3 Å². The molecule has 0 bridgehead atoms. The SMILES string of the molecule is CC(C)(NC(=O)c1ccc2ccccc2c1OC[C@H]1CC[C@H](C)CC1)C(=O)O. The molecule has 2 N–H and O–H groups in total. The summed E-state index contributed by atoms with van der Waals surface area (Å²) in [5, 5.41) is 13.8. The van der Waals surface area contributed by atoms with E-state index in [4.69, 9.17) is 4.74 Å². The van der Waals surface area contributed by atoms with Gasteiger partial charge in [0.2, 0.25) is 0 Å². The second-order valence-electron chi connectivity index (χ2n) is 8.48. The van der Waals surface area contributed by atoms with Crippen molar-refractivity contribution >= 4 is 22.6 Å². The molecule has 0 aliphatic heterocycles. The quantitative estimate of drug-likeness (QED) is 0.762. The zero-order chi connectivity index (χ0) is 20.3. The molecule has 2 aromatic rings. The van der Waals surface area contributed by atoms with Gasteiger partial charge in [-0.2, -0.15) is 0 Å². The fourth-order valence-electron chi connectivity index (χ4n) is 3.68. The molecule has 5 heteroatoms. The van der Waals surface area contributed by atoms with Gasteiger partial charge in [-0.25, -0.2) is 4.79 Å². The maximum absolute atomic E-state index is 12.9. The van der Waals surface area contributed by atoms with Gasteiger partial charge in [0.05, 0.1) is 12.2 Å². The number of nitrogens with one attached hydrogen (secondary N) is 1. The number of rotatable bonds is 6. The predicted octanol–water partition coefficient (Wildman–Crippen LogP) is 4.64. The van der Waals surface area contributed by atoms with Crippen LogP contribution in [0, 0.1) is 11.8 Å². The van der Waals surface area contributed by atoms with Crippen molar-refractivity contribution in [2.75, 3.05) is 6.61 Å². The second-order valence-corrected chi connectivity index (χ2v) is 8.48. The molecule has 28 heavy (non-hydrogen) atoms. The third kappa shape index (κ3) is 4.46. The van der Waals surface area contributed by atoms with Gasteiger partial charge in [0.1, 0.15) is 11.3 Å². The summed E-state index contributed by atoms with van der Waals surface area (Å²) in [5.74, 6) is 0.274. The smallest absolute Gasteiger partial charge is 0.328 e. The molecule has 1 aliphatic rings. The number of carboxylic acid groups (broad SMARTS) is 1. The van der Waals surface area contributed by atoms with Crippen LogP contribution in [-0.2, 0) is 4.79 Å². The molecule has 5 nitrogen and oxygen atoms in total. The number of hydrogen-bond acceptors (Lipinski definition) is 3. The van der Waals surface area contributed by atoms with Crippen molar-refractivity contribution in [2.45, 2.75) is 52.0 Å². The van der Waals surface area contributed by atoms with Crippen LogP contribution in [0.3, 0.4) is 0 Å². The molecule has 150 valence electrons. The maximum atomic E-state index is 12.9. The lowest BCUT2D eigenvalue weighted by Crippen LogP contribution is -2.49. The van der Waals surface area contributed by atoms with E-state index >= 15 is 0 Å². The van der Waals surface area contributed by atoms with Crippen LogP contribution in [0.1, 0.15) is 56.8 Å². The second kappa shape index (κ2) is 8.21. The first kappa shape index (κ1) is 20.2. The summed E-state index contributed by atoms with van der Waals surface area (Å²) < 4.78 is 6.21. The lowest BCUT2D eigenvalue weighted by Gasteiger charge is -2.27. The Kier molecular flexibility index (Phi) is 5.92. The van der Waals surface area contributed by atoms with Crippen molar-refractivity contribution in [3.8, 4) is 5.75 Å². The number of benzene rings is 2. The number of hydrogen-bond donors (Lipinski definition) is 2. The molecule has 0 radical (unpaired) electrons. The van der Waals surface area contributed by atoms with E-state index in [2.05, 4.69) is 12.2 Å². The minimum atomic E-state index is -1.36. The van der Waals surface area contributed by atoms with Gasteiger partial charge in [-0.1, -0.05) is 50.1 Å². The molecule has 1 fully saturated rings. The summed E-state index contributed by atoms with van der Waals surface area (Å²) in [5.41, 5.74) is -0.989. The Balaban J connectivity index is 1.88. The molecule has 3 rings (SSSR count).